The molecule has 1 unspecified atom stereocenters. The average Bonchev–Trinajstić information content (AvgIpc) is 2.90. The molecule has 2 aromatic rings. The molecule has 0 saturated heterocycles. The van der Waals surface area contributed by atoms with E-state index in [1.165, 1.54) is 11.8 Å². The largest absolute Gasteiger partial charge is 0.312 e. The first-order chi connectivity index (χ1) is 9.72. The lowest BCUT2D eigenvalue weighted by Gasteiger charge is -2.27. The number of nitriles is 1. The minimum Gasteiger partial charge on any atom is -0.312 e. The fourth-order valence-electron chi connectivity index (χ4n) is 1.97. The van der Waals surface area contributed by atoms with Crippen LogP contribution < -0.4 is 5.32 Å². The summed E-state index contributed by atoms with van der Waals surface area (Å²) >= 11 is 1.52. The Balaban J connectivity index is 2.24. The van der Waals surface area contributed by atoms with E-state index >= 15 is 0 Å². The monoisotopic (exact) mass is 287 g/mol. The van der Waals surface area contributed by atoms with Gasteiger partial charge in [-0.25, -0.2) is 0 Å². The Morgan fingerprint density at radius 2 is 2.15 bits per heavy atom. The van der Waals surface area contributed by atoms with Gasteiger partial charge in [-0.3, -0.25) is 5.32 Å². The molecule has 104 valence electrons. The first kappa shape index (κ1) is 14.6. The van der Waals surface area contributed by atoms with Crippen molar-refractivity contribution in [3.63, 3.8) is 0 Å². The van der Waals surface area contributed by atoms with Crippen molar-refractivity contribution in [3.8, 4) is 6.07 Å². The van der Waals surface area contributed by atoms with Crippen LogP contribution in [0.4, 0.5) is 0 Å². The van der Waals surface area contributed by atoms with Crippen LogP contribution in [0.25, 0.3) is 0 Å². The molecule has 0 aliphatic rings. The van der Waals surface area contributed by atoms with Gasteiger partial charge in [0.15, 0.2) is 5.16 Å². The predicted molar refractivity (Wildman–Crippen MR) is 79.1 cm³/mol. The summed E-state index contributed by atoms with van der Waals surface area (Å²) in [5.41, 5.74) is 0.256. The molecule has 20 heavy (non-hydrogen) atoms. The molecular weight excluding hydrogens is 270 g/mol. The summed E-state index contributed by atoms with van der Waals surface area (Å²) in [6.45, 7) is 2.73. The van der Waals surface area contributed by atoms with Gasteiger partial charge in [0.2, 0.25) is 0 Å². The first-order valence-corrected chi connectivity index (χ1v) is 7.39. The highest BCUT2D eigenvalue weighted by molar-refractivity contribution is 7.99. The van der Waals surface area contributed by atoms with Crippen molar-refractivity contribution in [2.75, 3.05) is 12.3 Å². The van der Waals surface area contributed by atoms with Crippen LogP contribution in [0.5, 0.6) is 0 Å². The number of nitrogens with one attached hydrogen (secondary N) is 1. The summed E-state index contributed by atoms with van der Waals surface area (Å²) in [5, 5.41) is 21.7. The van der Waals surface area contributed by atoms with E-state index in [1.54, 1.807) is 6.33 Å². The van der Waals surface area contributed by atoms with Crippen molar-refractivity contribution < 1.29 is 0 Å². The van der Waals surface area contributed by atoms with Crippen LogP contribution in [0.15, 0.2) is 41.8 Å². The molecule has 1 aromatic carbocycles. The second kappa shape index (κ2) is 6.55. The summed E-state index contributed by atoms with van der Waals surface area (Å²) in [7, 11) is 1.89. The van der Waals surface area contributed by atoms with Crippen LogP contribution in [0, 0.1) is 11.3 Å². The van der Waals surface area contributed by atoms with Crippen LogP contribution >= 0.6 is 11.8 Å². The second-order valence-corrected chi connectivity index (χ2v) is 5.37. The number of aromatic nitrogens is 3. The van der Waals surface area contributed by atoms with Gasteiger partial charge < -0.3 is 4.57 Å². The van der Waals surface area contributed by atoms with Crippen molar-refractivity contribution in [2.45, 2.75) is 17.6 Å². The molecule has 0 spiro atoms. The highest BCUT2D eigenvalue weighted by Gasteiger charge is 2.32. The van der Waals surface area contributed by atoms with Crippen LogP contribution in [-0.4, -0.2) is 27.1 Å². The molecule has 0 aliphatic heterocycles. The van der Waals surface area contributed by atoms with Gasteiger partial charge in [0.05, 0.1) is 6.07 Å². The minimum absolute atomic E-state index is 0.577. The molecule has 1 heterocycles. The standard InChI is InChI=1S/C14H17N5S/c1-3-16-14(9-15,12-7-5-4-6-8-12)10-20-13-18-17-11-19(13)2/h4-8,11,16H,3,10H2,1-2H3. The fraction of sp³-hybridized carbons (Fsp3) is 0.357. The molecule has 5 nitrogen and oxygen atoms in total. The zero-order valence-electron chi connectivity index (χ0n) is 11.6. The van der Waals surface area contributed by atoms with Crippen molar-refractivity contribution in [1.29, 1.82) is 5.26 Å². The Morgan fingerprint density at radius 3 is 2.70 bits per heavy atom. The normalized spacial score (nSPS) is 13.7. The van der Waals surface area contributed by atoms with Gasteiger partial charge in [-0.2, -0.15) is 5.26 Å². The Morgan fingerprint density at radius 1 is 1.40 bits per heavy atom. The molecule has 1 N–H and O–H groups in total. The molecule has 1 aromatic heterocycles. The SMILES string of the molecule is CCNC(C#N)(CSc1nncn1C)c1ccccc1. The van der Waals surface area contributed by atoms with E-state index in [1.807, 2.05) is 48.9 Å². The zero-order chi connectivity index (χ0) is 14.4. The summed E-state index contributed by atoms with van der Waals surface area (Å²) < 4.78 is 1.85. The molecule has 0 fully saturated rings. The number of aryl methyl sites for hydroxylation is 1. The van der Waals surface area contributed by atoms with Crippen LogP contribution in [0.1, 0.15) is 12.5 Å². The van der Waals surface area contributed by atoms with Crippen LogP contribution in [0.2, 0.25) is 0 Å². The third-order valence-corrected chi connectivity index (χ3v) is 4.23. The van der Waals surface area contributed by atoms with Gasteiger partial charge in [0, 0.05) is 12.8 Å². The molecule has 6 heteroatoms. The maximum absolute atomic E-state index is 9.69. The fourth-order valence-corrected chi connectivity index (χ4v) is 3.01. The van der Waals surface area contributed by atoms with Crippen molar-refractivity contribution >= 4 is 11.8 Å². The average molecular weight is 287 g/mol. The molecule has 2 rings (SSSR count). The van der Waals surface area contributed by atoms with E-state index in [-0.39, 0.29) is 0 Å². The van der Waals surface area contributed by atoms with E-state index < -0.39 is 5.54 Å². The molecule has 0 saturated carbocycles. The van der Waals surface area contributed by atoms with Crippen LogP contribution in [-0.2, 0) is 12.6 Å². The van der Waals surface area contributed by atoms with E-state index in [2.05, 4.69) is 21.6 Å². The number of benzene rings is 1. The molecule has 0 aliphatic carbocycles. The summed E-state index contributed by atoms with van der Waals surface area (Å²) in [5.74, 6) is 0.577. The van der Waals surface area contributed by atoms with E-state index in [4.69, 9.17) is 0 Å². The summed E-state index contributed by atoms with van der Waals surface area (Å²) in [4.78, 5) is 0. The summed E-state index contributed by atoms with van der Waals surface area (Å²) in [6.07, 6.45) is 1.66. The number of hydrogen-bond donors (Lipinski definition) is 1. The third kappa shape index (κ3) is 3.00. The smallest absolute Gasteiger partial charge is 0.190 e. The van der Waals surface area contributed by atoms with Crippen LogP contribution in [0.3, 0.4) is 0 Å². The molecule has 0 radical (unpaired) electrons. The number of hydrogen-bond acceptors (Lipinski definition) is 5. The van der Waals surface area contributed by atoms with Crippen molar-refractivity contribution in [1.82, 2.24) is 20.1 Å². The molecule has 1 atom stereocenters. The molecule has 0 bridgehead atoms. The van der Waals surface area contributed by atoms with E-state index in [0.29, 0.717) is 5.75 Å². The molecule has 0 amide bonds. The Labute approximate surface area is 123 Å². The lowest BCUT2D eigenvalue weighted by atomic mass is 9.93. The Hall–Kier alpha value is -1.84. The van der Waals surface area contributed by atoms with Gasteiger partial charge in [-0.1, -0.05) is 49.0 Å². The van der Waals surface area contributed by atoms with Gasteiger partial charge in [-0.15, -0.1) is 10.2 Å². The van der Waals surface area contributed by atoms with Crippen molar-refractivity contribution in [3.05, 3.63) is 42.2 Å². The second-order valence-electron chi connectivity index (χ2n) is 4.43. The Bertz CT molecular complexity index is 589. The topological polar surface area (TPSA) is 66.5 Å². The first-order valence-electron chi connectivity index (χ1n) is 6.40. The highest BCUT2D eigenvalue weighted by Crippen LogP contribution is 2.28. The third-order valence-electron chi connectivity index (χ3n) is 3.02. The van der Waals surface area contributed by atoms with Gasteiger partial charge >= 0.3 is 0 Å². The minimum atomic E-state index is -0.716. The number of thioether (sulfide) groups is 1. The molecular formula is C14H17N5S. The van der Waals surface area contributed by atoms with Crippen molar-refractivity contribution in [2.24, 2.45) is 7.05 Å². The van der Waals surface area contributed by atoms with Gasteiger partial charge in [0.25, 0.3) is 0 Å². The van der Waals surface area contributed by atoms with E-state index in [9.17, 15) is 5.26 Å². The summed E-state index contributed by atoms with van der Waals surface area (Å²) in [6, 6.07) is 12.2. The quantitative estimate of drug-likeness (QED) is 0.822. The predicted octanol–water partition coefficient (Wildman–Crippen LogP) is 1.94. The van der Waals surface area contributed by atoms with Gasteiger partial charge in [0.1, 0.15) is 11.9 Å². The Kier molecular flexibility index (Phi) is 4.77. The zero-order valence-corrected chi connectivity index (χ0v) is 12.4. The number of nitrogens with zero attached hydrogens (tertiary/aromatic N) is 4. The van der Waals surface area contributed by atoms with E-state index in [0.717, 1.165) is 17.3 Å². The highest BCUT2D eigenvalue weighted by atomic mass is 32.2. The lowest BCUT2D eigenvalue weighted by Crippen LogP contribution is -2.43. The number of rotatable bonds is 6. The van der Waals surface area contributed by atoms with Gasteiger partial charge in [-0.05, 0) is 12.1 Å². The lowest BCUT2D eigenvalue weighted by molar-refractivity contribution is 0.489. The maximum atomic E-state index is 9.69. The maximum Gasteiger partial charge on any atom is 0.190 e.